The molecule has 1 unspecified atom stereocenters. The van der Waals surface area contributed by atoms with Gasteiger partial charge in [0, 0.05) is 11.7 Å². The summed E-state index contributed by atoms with van der Waals surface area (Å²) >= 11 is 0. The standard InChI is InChI=1S/C18H30N2O/c1-13(2)16-12-17(19)14(3)11-18(16)21-10-8-15-7-5-6-9-20(15)4/h11-13,15H,5-10,19H2,1-4H3. The molecule has 1 atom stereocenters. The van der Waals surface area contributed by atoms with Crippen LogP contribution in [0.15, 0.2) is 12.1 Å². The Morgan fingerprint density at radius 1 is 1.33 bits per heavy atom. The maximum Gasteiger partial charge on any atom is 0.123 e. The maximum atomic E-state index is 6.10. The first-order chi connectivity index (χ1) is 9.99. The summed E-state index contributed by atoms with van der Waals surface area (Å²) in [5.74, 6) is 1.44. The number of ether oxygens (including phenoxy) is 1. The molecule has 0 spiro atoms. The topological polar surface area (TPSA) is 38.5 Å². The lowest BCUT2D eigenvalue weighted by Crippen LogP contribution is -2.37. The second-order valence-electron chi connectivity index (χ2n) is 6.67. The smallest absolute Gasteiger partial charge is 0.123 e. The molecule has 1 heterocycles. The molecule has 3 nitrogen and oxygen atoms in total. The maximum absolute atomic E-state index is 6.10. The Morgan fingerprint density at radius 2 is 2.10 bits per heavy atom. The molecule has 2 rings (SSSR count). The average Bonchev–Trinajstić information content (AvgIpc) is 2.44. The number of rotatable bonds is 5. The molecule has 1 saturated heterocycles. The first kappa shape index (κ1) is 16.2. The second kappa shape index (κ2) is 7.17. The highest BCUT2D eigenvalue weighted by Crippen LogP contribution is 2.31. The zero-order valence-electron chi connectivity index (χ0n) is 14.0. The Morgan fingerprint density at radius 3 is 2.76 bits per heavy atom. The third-order valence-corrected chi connectivity index (χ3v) is 4.65. The van der Waals surface area contributed by atoms with E-state index in [9.17, 15) is 0 Å². The Labute approximate surface area is 129 Å². The SMILES string of the molecule is Cc1cc(OCCC2CCCCN2C)c(C(C)C)cc1N. The monoisotopic (exact) mass is 290 g/mol. The van der Waals surface area contributed by atoms with E-state index < -0.39 is 0 Å². The van der Waals surface area contributed by atoms with Crippen LogP contribution in [0.4, 0.5) is 5.69 Å². The summed E-state index contributed by atoms with van der Waals surface area (Å²) in [5.41, 5.74) is 9.21. The normalized spacial score (nSPS) is 20.0. The molecule has 0 radical (unpaired) electrons. The predicted molar refractivity (Wildman–Crippen MR) is 90.1 cm³/mol. The molecule has 118 valence electrons. The van der Waals surface area contributed by atoms with E-state index >= 15 is 0 Å². The second-order valence-corrected chi connectivity index (χ2v) is 6.67. The summed E-state index contributed by atoms with van der Waals surface area (Å²) in [5, 5.41) is 0. The van der Waals surface area contributed by atoms with E-state index in [0.717, 1.165) is 30.0 Å². The van der Waals surface area contributed by atoms with Crippen molar-refractivity contribution in [3.05, 3.63) is 23.3 Å². The number of hydrogen-bond donors (Lipinski definition) is 1. The fourth-order valence-electron chi connectivity index (χ4n) is 3.11. The van der Waals surface area contributed by atoms with Gasteiger partial charge in [0.25, 0.3) is 0 Å². The van der Waals surface area contributed by atoms with Crippen molar-refractivity contribution in [2.24, 2.45) is 0 Å². The highest BCUT2D eigenvalue weighted by atomic mass is 16.5. The molecule has 1 aliphatic heterocycles. The zero-order chi connectivity index (χ0) is 15.4. The van der Waals surface area contributed by atoms with Crippen LogP contribution in [0.3, 0.4) is 0 Å². The largest absolute Gasteiger partial charge is 0.493 e. The van der Waals surface area contributed by atoms with Crippen LogP contribution >= 0.6 is 0 Å². The molecule has 1 aromatic carbocycles. The summed E-state index contributed by atoms with van der Waals surface area (Å²) < 4.78 is 6.10. The minimum atomic E-state index is 0.431. The van der Waals surface area contributed by atoms with Crippen molar-refractivity contribution < 1.29 is 4.74 Å². The van der Waals surface area contributed by atoms with Crippen LogP contribution in [0.1, 0.15) is 56.6 Å². The van der Waals surface area contributed by atoms with Gasteiger partial charge in [-0.3, -0.25) is 0 Å². The molecular formula is C18H30N2O. The van der Waals surface area contributed by atoms with E-state index in [1.165, 1.54) is 31.4 Å². The molecule has 1 fully saturated rings. The molecule has 1 aromatic rings. The zero-order valence-corrected chi connectivity index (χ0v) is 14.0. The summed E-state index contributed by atoms with van der Waals surface area (Å²) in [6, 6.07) is 4.84. The van der Waals surface area contributed by atoms with Crippen molar-refractivity contribution in [3.63, 3.8) is 0 Å². The number of piperidine rings is 1. The number of nitrogen functional groups attached to an aromatic ring is 1. The van der Waals surface area contributed by atoms with Gasteiger partial charge in [0.1, 0.15) is 5.75 Å². The average molecular weight is 290 g/mol. The summed E-state index contributed by atoms with van der Waals surface area (Å²) in [6.45, 7) is 8.43. The minimum Gasteiger partial charge on any atom is -0.493 e. The van der Waals surface area contributed by atoms with Gasteiger partial charge in [-0.05, 0) is 69.0 Å². The van der Waals surface area contributed by atoms with E-state index in [2.05, 4.69) is 37.9 Å². The van der Waals surface area contributed by atoms with Crippen molar-refractivity contribution in [1.29, 1.82) is 0 Å². The summed E-state index contributed by atoms with van der Waals surface area (Å²) in [4.78, 5) is 2.48. The number of hydrogen-bond acceptors (Lipinski definition) is 3. The quantitative estimate of drug-likeness (QED) is 0.834. The fraction of sp³-hybridized carbons (Fsp3) is 0.667. The lowest BCUT2D eigenvalue weighted by atomic mass is 9.99. The Bertz CT molecular complexity index is 471. The Balaban J connectivity index is 1.97. The number of aryl methyl sites for hydroxylation is 1. The molecule has 0 saturated carbocycles. The van der Waals surface area contributed by atoms with Crippen molar-refractivity contribution in [3.8, 4) is 5.75 Å². The van der Waals surface area contributed by atoms with Crippen LogP contribution in [-0.2, 0) is 0 Å². The molecule has 0 aromatic heterocycles. The van der Waals surface area contributed by atoms with Crippen LogP contribution < -0.4 is 10.5 Å². The van der Waals surface area contributed by atoms with Crippen LogP contribution in [0.2, 0.25) is 0 Å². The highest BCUT2D eigenvalue weighted by Gasteiger charge is 2.19. The lowest BCUT2D eigenvalue weighted by Gasteiger charge is -2.32. The first-order valence-corrected chi connectivity index (χ1v) is 8.22. The number of nitrogens with zero attached hydrogens (tertiary/aromatic N) is 1. The number of nitrogens with two attached hydrogens (primary N) is 1. The van der Waals surface area contributed by atoms with Gasteiger partial charge in [-0.1, -0.05) is 20.3 Å². The molecule has 2 N–H and O–H groups in total. The third kappa shape index (κ3) is 4.13. The summed E-state index contributed by atoms with van der Waals surface area (Å²) in [6.07, 6.45) is 5.10. The van der Waals surface area contributed by atoms with Gasteiger partial charge in [-0.15, -0.1) is 0 Å². The summed E-state index contributed by atoms with van der Waals surface area (Å²) in [7, 11) is 2.23. The van der Waals surface area contributed by atoms with Crippen molar-refractivity contribution >= 4 is 5.69 Å². The van der Waals surface area contributed by atoms with Gasteiger partial charge in [0.15, 0.2) is 0 Å². The molecule has 1 aliphatic rings. The van der Waals surface area contributed by atoms with Crippen molar-refractivity contribution in [2.45, 2.75) is 58.4 Å². The van der Waals surface area contributed by atoms with Crippen molar-refractivity contribution in [2.75, 3.05) is 25.9 Å². The van der Waals surface area contributed by atoms with Crippen LogP contribution in [-0.4, -0.2) is 31.1 Å². The van der Waals surface area contributed by atoms with Crippen molar-refractivity contribution in [1.82, 2.24) is 4.90 Å². The van der Waals surface area contributed by atoms with Gasteiger partial charge in [-0.25, -0.2) is 0 Å². The molecule has 0 aliphatic carbocycles. The van der Waals surface area contributed by atoms with E-state index in [4.69, 9.17) is 10.5 Å². The van der Waals surface area contributed by atoms with Crippen LogP contribution in [0.25, 0.3) is 0 Å². The van der Waals surface area contributed by atoms with Gasteiger partial charge >= 0.3 is 0 Å². The van der Waals surface area contributed by atoms with Gasteiger partial charge in [-0.2, -0.15) is 0 Å². The Kier molecular flexibility index (Phi) is 5.51. The van der Waals surface area contributed by atoms with E-state index in [1.54, 1.807) is 0 Å². The van der Waals surface area contributed by atoms with Crippen LogP contribution in [0.5, 0.6) is 5.75 Å². The number of benzene rings is 1. The molecule has 3 heteroatoms. The van der Waals surface area contributed by atoms with E-state index in [-0.39, 0.29) is 0 Å². The highest BCUT2D eigenvalue weighted by molar-refractivity contribution is 5.55. The van der Waals surface area contributed by atoms with Gasteiger partial charge < -0.3 is 15.4 Å². The molecule has 21 heavy (non-hydrogen) atoms. The van der Waals surface area contributed by atoms with E-state index in [1.807, 2.05) is 6.92 Å². The predicted octanol–water partition coefficient (Wildman–Crippen LogP) is 3.95. The van der Waals surface area contributed by atoms with Gasteiger partial charge in [0.2, 0.25) is 0 Å². The molecular weight excluding hydrogens is 260 g/mol. The van der Waals surface area contributed by atoms with Crippen LogP contribution in [0, 0.1) is 6.92 Å². The van der Waals surface area contributed by atoms with E-state index in [0.29, 0.717) is 12.0 Å². The minimum absolute atomic E-state index is 0.431. The first-order valence-electron chi connectivity index (χ1n) is 8.22. The molecule has 0 bridgehead atoms. The van der Waals surface area contributed by atoms with Gasteiger partial charge in [0.05, 0.1) is 6.61 Å². The fourth-order valence-corrected chi connectivity index (χ4v) is 3.11. The third-order valence-electron chi connectivity index (χ3n) is 4.65. The molecule has 0 amide bonds. The lowest BCUT2D eigenvalue weighted by molar-refractivity contribution is 0.152. The number of likely N-dealkylation sites (tertiary alicyclic amines) is 1. The Hall–Kier alpha value is -1.22. The number of anilines is 1.